The lowest BCUT2D eigenvalue weighted by molar-refractivity contribution is 0.130. The van der Waals surface area contributed by atoms with Crippen molar-refractivity contribution in [3.63, 3.8) is 0 Å². The molecule has 1 aliphatic rings. The van der Waals surface area contributed by atoms with Crippen molar-refractivity contribution in [2.24, 2.45) is 0 Å². The van der Waals surface area contributed by atoms with Crippen molar-refractivity contribution in [3.8, 4) is 0 Å². The second-order valence-corrected chi connectivity index (χ2v) is 8.27. The summed E-state index contributed by atoms with van der Waals surface area (Å²) in [7, 11) is 0. The minimum Gasteiger partial charge on any atom is -0.623 e. The van der Waals surface area contributed by atoms with Gasteiger partial charge in [-0.05, 0) is 30.5 Å². The van der Waals surface area contributed by atoms with Crippen molar-refractivity contribution in [2.45, 2.75) is 53.1 Å². The molecule has 0 radical (unpaired) electrons. The highest BCUT2D eigenvalue weighted by Gasteiger charge is 2.45. The van der Waals surface area contributed by atoms with Crippen LogP contribution in [0.15, 0.2) is 18.2 Å². The van der Waals surface area contributed by atoms with Gasteiger partial charge in [-0.3, -0.25) is 9.55 Å². The summed E-state index contributed by atoms with van der Waals surface area (Å²) in [4.78, 5) is 9.40. The van der Waals surface area contributed by atoms with E-state index in [1.54, 1.807) is 11.3 Å². The van der Waals surface area contributed by atoms with Gasteiger partial charge < -0.3 is 5.21 Å². The highest BCUT2D eigenvalue weighted by molar-refractivity contribution is 7.22. The summed E-state index contributed by atoms with van der Waals surface area (Å²) < 4.78 is 0.816. The van der Waals surface area contributed by atoms with Gasteiger partial charge in [-0.2, -0.15) is 4.98 Å². The van der Waals surface area contributed by atoms with Gasteiger partial charge in [0, 0.05) is 19.6 Å². The van der Waals surface area contributed by atoms with Crippen molar-refractivity contribution in [1.82, 2.24) is 19.4 Å². The van der Waals surface area contributed by atoms with Gasteiger partial charge in [-0.15, -0.1) is 0 Å². The summed E-state index contributed by atoms with van der Waals surface area (Å²) in [5.74, 6) is 0. The average Bonchev–Trinajstić information content (AvgIpc) is 3.19. The van der Waals surface area contributed by atoms with Gasteiger partial charge in [0.15, 0.2) is 6.17 Å². The minimum absolute atomic E-state index is 0.0628. The minimum atomic E-state index is -0.329. The molecule has 1 aromatic carbocycles. The Morgan fingerprint density at radius 2 is 2.00 bits per heavy atom. The van der Waals surface area contributed by atoms with Gasteiger partial charge in [0.2, 0.25) is 0 Å². The normalized spacial score (nSPS) is 24.2. The van der Waals surface area contributed by atoms with E-state index in [1.807, 2.05) is 0 Å². The van der Waals surface area contributed by atoms with E-state index < -0.39 is 0 Å². The lowest BCUT2D eigenvalue weighted by Gasteiger charge is -2.44. The predicted octanol–water partition coefficient (Wildman–Crippen LogP) is 4.40. The molecule has 3 rings (SSSR count). The zero-order valence-corrected chi connectivity index (χ0v) is 17.4. The number of benzene rings is 1. The number of hydrogen-bond acceptors (Lipinski definition) is 5. The molecule has 6 heteroatoms. The molecule has 144 valence electrons. The molecule has 0 saturated carbocycles. The van der Waals surface area contributed by atoms with E-state index in [0.717, 1.165) is 55.7 Å². The van der Waals surface area contributed by atoms with E-state index in [0.29, 0.717) is 11.8 Å². The first-order valence-corrected chi connectivity index (χ1v) is 10.8. The number of nitrogens with zero attached hydrogens (tertiary/aromatic N) is 4. The molecule has 2 unspecified atom stereocenters. The Balaban J connectivity index is 1.98. The standard InChI is InChI=1S/C20H32N4OS/c1-5-9-16-10-11-17-18(13-16)26-20(21-17)24(25)15-22(12-6-2)14-19(24)23(7-3)8-4/h10-11,13,19H,5-9,12,14-15H2,1-4H3. The molecule has 2 heterocycles. The molecule has 1 saturated heterocycles. The van der Waals surface area contributed by atoms with Crippen LogP contribution in [0.5, 0.6) is 0 Å². The molecule has 26 heavy (non-hydrogen) atoms. The number of likely N-dealkylation sites (N-methyl/N-ethyl adjacent to an activating group) is 1. The van der Waals surface area contributed by atoms with E-state index in [-0.39, 0.29) is 10.8 Å². The Kier molecular flexibility index (Phi) is 6.30. The van der Waals surface area contributed by atoms with Crippen LogP contribution in [0, 0.1) is 5.21 Å². The number of hydrogen-bond donors (Lipinski definition) is 0. The van der Waals surface area contributed by atoms with Crippen LogP contribution in [0.25, 0.3) is 10.2 Å². The zero-order chi connectivity index (χ0) is 18.7. The first-order valence-electron chi connectivity index (χ1n) is 10.0. The second-order valence-electron chi connectivity index (χ2n) is 7.26. The SMILES string of the molecule is CCCc1ccc2nc([N+]3([O-])CN(CCC)CC3N(CC)CC)sc2c1. The molecule has 1 aromatic heterocycles. The molecule has 0 aliphatic carbocycles. The van der Waals surface area contributed by atoms with Gasteiger partial charge in [0.25, 0.3) is 5.13 Å². The van der Waals surface area contributed by atoms with Crippen LogP contribution < -0.4 is 4.65 Å². The Morgan fingerprint density at radius 1 is 1.23 bits per heavy atom. The van der Waals surface area contributed by atoms with Gasteiger partial charge in [-0.1, -0.05) is 51.5 Å². The maximum Gasteiger partial charge on any atom is 0.289 e. The van der Waals surface area contributed by atoms with Crippen LogP contribution in [0.3, 0.4) is 0 Å². The average molecular weight is 377 g/mol. The highest BCUT2D eigenvalue weighted by Crippen LogP contribution is 2.38. The quantitative estimate of drug-likeness (QED) is 0.506. The van der Waals surface area contributed by atoms with Crippen molar-refractivity contribution in [3.05, 3.63) is 29.0 Å². The summed E-state index contributed by atoms with van der Waals surface area (Å²) in [5, 5.41) is 14.8. The van der Waals surface area contributed by atoms with Crippen LogP contribution >= 0.6 is 11.3 Å². The Morgan fingerprint density at radius 3 is 2.65 bits per heavy atom. The van der Waals surface area contributed by atoms with Gasteiger partial charge >= 0.3 is 0 Å². The van der Waals surface area contributed by atoms with E-state index in [9.17, 15) is 5.21 Å². The number of rotatable bonds is 8. The largest absolute Gasteiger partial charge is 0.623 e. The number of aromatic nitrogens is 1. The molecule has 0 bridgehead atoms. The summed E-state index contributed by atoms with van der Waals surface area (Å²) in [6.07, 6.45) is 3.22. The van der Waals surface area contributed by atoms with E-state index >= 15 is 0 Å². The van der Waals surface area contributed by atoms with Gasteiger partial charge in [0.1, 0.15) is 6.67 Å². The monoisotopic (exact) mass is 376 g/mol. The predicted molar refractivity (Wildman–Crippen MR) is 112 cm³/mol. The Hall–Kier alpha value is -1.05. The topological polar surface area (TPSA) is 42.4 Å². The molecule has 5 nitrogen and oxygen atoms in total. The summed E-state index contributed by atoms with van der Waals surface area (Å²) in [5.41, 5.74) is 2.30. The molecular formula is C20H32N4OS. The third kappa shape index (κ3) is 3.66. The molecule has 1 fully saturated rings. The fourth-order valence-corrected chi connectivity index (χ4v) is 5.17. The highest BCUT2D eigenvalue weighted by atomic mass is 32.1. The van der Waals surface area contributed by atoms with Crippen LogP contribution in [0.4, 0.5) is 5.13 Å². The zero-order valence-electron chi connectivity index (χ0n) is 16.6. The van der Waals surface area contributed by atoms with Crippen molar-refractivity contribution >= 4 is 26.7 Å². The maximum absolute atomic E-state index is 14.1. The third-order valence-electron chi connectivity index (χ3n) is 5.39. The number of thiazole rings is 1. The summed E-state index contributed by atoms with van der Waals surface area (Å²) >= 11 is 1.59. The lowest BCUT2D eigenvalue weighted by Crippen LogP contribution is -2.57. The molecule has 1 aliphatic heterocycles. The lowest BCUT2D eigenvalue weighted by atomic mass is 10.1. The molecule has 2 aromatic rings. The summed E-state index contributed by atoms with van der Waals surface area (Å²) in [6.45, 7) is 12.8. The van der Waals surface area contributed by atoms with Gasteiger partial charge in [-0.25, -0.2) is 4.90 Å². The Labute approximate surface area is 161 Å². The van der Waals surface area contributed by atoms with Crippen molar-refractivity contribution in [1.29, 1.82) is 0 Å². The third-order valence-corrected chi connectivity index (χ3v) is 6.52. The van der Waals surface area contributed by atoms with Crippen LogP contribution in [-0.4, -0.2) is 53.8 Å². The fraction of sp³-hybridized carbons (Fsp3) is 0.650. The van der Waals surface area contributed by atoms with Crippen molar-refractivity contribution < 1.29 is 0 Å². The number of quaternary nitrogens is 1. The molecular weight excluding hydrogens is 344 g/mol. The fourth-order valence-electron chi connectivity index (χ4n) is 4.07. The van der Waals surface area contributed by atoms with Crippen LogP contribution in [-0.2, 0) is 6.42 Å². The van der Waals surface area contributed by atoms with E-state index in [1.165, 1.54) is 5.56 Å². The second kappa shape index (κ2) is 8.31. The number of fused-ring (bicyclic) bond motifs is 1. The molecule has 2 atom stereocenters. The van der Waals surface area contributed by atoms with Crippen molar-refractivity contribution in [2.75, 3.05) is 32.8 Å². The van der Waals surface area contributed by atoms with E-state index in [2.05, 4.69) is 55.7 Å². The number of hydroxylamine groups is 2. The van der Waals surface area contributed by atoms with Crippen LogP contribution in [0.2, 0.25) is 0 Å². The maximum atomic E-state index is 14.1. The first-order chi connectivity index (χ1) is 12.5. The van der Waals surface area contributed by atoms with E-state index in [4.69, 9.17) is 4.98 Å². The van der Waals surface area contributed by atoms with Crippen LogP contribution in [0.1, 0.15) is 46.1 Å². The van der Waals surface area contributed by atoms with Gasteiger partial charge in [0.05, 0.1) is 16.8 Å². The first kappa shape index (κ1) is 19.7. The smallest absolute Gasteiger partial charge is 0.289 e. The summed E-state index contributed by atoms with van der Waals surface area (Å²) in [6, 6.07) is 6.46. The molecule has 0 amide bonds. The Bertz CT molecular complexity index is 730. The molecule has 0 spiro atoms. The molecule has 0 N–H and O–H groups in total. The number of aryl methyl sites for hydroxylation is 1.